The number of amides is 3. The molecule has 0 unspecified atom stereocenters. The van der Waals surface area contributed by atoms with E-state index >= 15 is 0 Å². The third-order valence-corrected chi connectivity index (χ3v) is 5.60. The van der Waals surface area contributed by atoms with E-state index in [2.05, 4.69) is 33.1 Å². The first-order chi connectivity index (χ1) is 13.0. The Labute approximate surface area is 162 Å². The van der Waals surface area contributed by atoms with Gasteiger partial charge in [-0.1, -0.05) is 30.7 Å². The van der Waals surface area contributed by atoms with E-state index in [9.17, 15) is 9.59 Å². The Kier molecular flexibility index (Phi) is 6.44. The van der Waals surface area contributed by atoms with Crippen molar-refractivity contribution < 1.29 is 9.59 Å². The largest absolute Gasteiger partial charge is 0.335 e. The lowest BCUT2D eigenvalue weighted by Crippen LogP contribution is -2.43. The van der Waals surface area contributed by atoms with Gasteiger partial charge in [-0.15, -0.1) is 5.10 Å². The molecule has 0 radical (unpaired) electrons. The maximum Gasteiger partial charge on any atom is 0.321 e. The lowest BCUT2D eigenvalue weighted by atomic mass is 10.1. The number of aryl methyl sites for hydroxylation is 2. The highest BCUT2D eigenvalue weighted by Crippen LogP contribution is 2.21. The summed E-state index contributed by atoms with van der Waals surface area (Å²) in [6.45, 7) is 4.09. The van der Waals surface area contributed by atoms with Crippen molar-refractivity contribution in [1.82, 2.24) is 30.8 Å². The predicted molar refractivity (Wildman–Crippen MR) is 103 cm³/mol. The van der Waals surface area contributed by atoms with Crippen molar-refractivity contribution in [2.45, 2.75) is 57.1 Å². The second-order valence-electron chi connectivity index (χ2n) is 6.74. The molecule has 0 atom stereocenters. The van der Waals surface area contributed by atoms with E-state index in [1.54, 1.807) is 4.68 Å². The number of nitrogens with one attached hydrogen (secondary N) is 2. The van der Waals surface area contributed by atoms with Gasteiger partial charge in [-0.05, 0) is 60.4 Å². The van der Waals surface area contributed by atoms with E-state index < -0.39 is 6.03 Å². The maximum atomic E-state index is 11.9. The van der Waals surface area contributed by atoms with E-state index in [1.165, 1.54) is 17.3 Å². The summed E-state index contributed by atoms with van der Waals surface area (Å²) in [6, 6.07) is 5.79. The van der Waals surface area contributed by atoms with Gasteiger partial charge in [0.25, 0.3) is 0 Å². The van der Waals surface area contributed by atoms with Crippen LogP contribution < -0.4 is 10.6 Å². The second-order valence-corrected chi connectivity index (χ2v) is 7.81. The summed E-state index contributed by atoms with van der Waals surface area (Å²) in [5, 5.41) is 17.6. The minimum atomic E-state index is -0.406. The van der Waals surface area contributed by atoms with Crippen LogP contribution in [0.4, 0.5) is 4.79 Å². The molecule has 1 heterocycles. The topological polar surface area (TPSA) is 102 Å². The SMILES string of the molecule is Cc1ccc(-n2nnnc2SCCC(=O)NC(=O)NC2CCCC2)cc1C. The van der Waals surface area contributed by atoms with Crippen LogP contribution in [0.15, 0.2) is 23.4 Å². The van der Waals surface area contributed by atoms with Crippen molar-refractivity contribution in [2.24, 2.45) is 0 Å². The smallest absolute Gasteiger partial charge is 0.321 e. The summed E-state index contributed by atoms with van der Waals surface area (Å²) in [6.07, 6.45) is 4.44. The molecule has 1 aromatic carbocycles. The molecule has 0 saturated heterocycles. The zero-order valence-electron chi connectivity index (χ0n) is 15.6. The molecule has 2 N–H and O–H groups in total. The summed E-state index contributed by atoms with van der Waals surface area (Å²) < 4.78 is 1.65. The molecule has 9 heteroatoms. The zero-order valence-corrected chi connectivity index (χ0v) is 16.4. The van der Waals surface area contributed by atoms with Crippen molar-refractivity contribution >= 4 is 23.7 Å². The number of hydrogen-bond acceptors (Lipinski definition) is 6. The van der Waals surface area contributed by atoms with Gasteiger partial charge in [-0.25, -0.2) is 4.79 Å². The molecule has 0 aliphatic heterocycles. The average Bonchev–Trinajstić information content (AvgIpc) is 3.29. The number of tetrazole rings is 1. The van der Waals surface area contributed by atoms with Crippen molar-refractivity contribution in [1.29, 1.82) is 0 Å². The molecule has 1 aliphatic carbocycles. The number of imide groups is 1. The molecule has 8 nitrogen and oxygen atoms in total. The molecule has 1 aliphatic rings. The molecule has 0 spiro atoms. The average molecular weight is 388 g/mol. The quantitative estimate of drug-likeness (QED) is 0.738. The molecule has 1 fully saturated rings. The van der Waals surface area contributed by atoms with Crippen LogP contribution >= 0.6 is 11.8 Å². The van der Waals surface area contributed by atoms with Gasteiger partial charge in [0, 0.05) is 18.2 Å². The number of nitrogens with zero attached hydrogens (tertiary/aromatic N) is 4. The van der Waals surface area contributed by atoms with Gasteiger partial charge in [0.15, 0.2) is 0 Å². The predicted octanol–water partition coefficient (Wildman–Crippen LogP) is 2.53. The third-order valence-electron chi connectivity index (χ3n) is 4.68. The Morgan fingerprint density at radius 1 is 1.22 bits per heavy atom. The molecule has 1 saturated carbocycles. The lowest BCUT2D eigenvalue weighted by molar-refractivity contribution is -0.119. The normalized spacial score (nSPS) is 14.3. The molecular formula is C18H24N6O2S. The molecule has 0 bridgehead atoms. The highest BCUT2D eigenvalue weighted by atomic mass is 32.2. The summed E-state index contributed by atoms with van der Waals surface area (Å²) in [5.74, 6) is 0.177. The number of carbonyl (C=O) groups excluding carboxylic acids is 2. The van der Waals surface area contributed by atoms with Crippen molar-refractivity contribution in [3.63, 3.8) is 0 Å². The van der Waals surface area contributed by atoms with Crippen molar-refractivity contribution in [3.8, 4) is 5.69 Å². The summed E-state index contributed by atoms with van der Waals surface area (Å²) in [5.41, 5.74) is 3.24. The van der Waals surface area contributed by atoms with E-state index in [1.807, 2.05) is 25.1 Å². The highest BCUT2D eigenvalue weighted by molar-refractivity contribution is 7.99. The van der Waals surface area contributed by atoms with E-state index in [0.29, 0.717) is 10.9 Å². The van der Waals surface area contributed by atoms with Gasteiger partial charge in [0.05, 0.1) is 5.69 Å². The number of hydrogen-bond donors (Lipinski definition) is 2. The van der Waals surface area contributed by atoms with Crippen LogP contribution in [0.5, 0.6) is 0 Å². The first-order valence-corrected chi connectivity index (χ1v) is 10.1. The van der Waals surface area contributed by atoms with Gasteiger partial charge >= 0.3 is 6.03 Å². The maximum absolute atomic E-state index is 11.9. The van der Waals surface area contributed by atoms with Gasteiger partial charge < -0.3 is 5.32 Å². The van der Waals surface area contributed by atoms with Gasteiger partial charge in [0.2, 0.25) is 11.1 Å². The molecule has 3 rings (SSSR count). The first-order valence-electron chi connectivity index (χ1n) is 9.12. The van der Waals surface area contributed by atoms with E-state index in [4.69, 9.17) is 0 Å². The van der Waals surface area contributed by atoms with Crippen molar-refractivity contribution in [2.75, 3.05) is 5.75 Å². The fraction of sp³-hybridized carbons (Fsp3) is 0.500. The minimum absolute atomic E-state index is 0.190. The monoisotopic (exact) mass is 388 g/mol. The molecule has 144 valence electrons. The highest BCUT2D eigenvalue weighted by Gasteiger charge is 2.18. The summed E-state index contributed by atoms with van der Waals surface area (Å²) in [7, 11) is 0. The van der Waals surface area contributed by atoms with Crippen LogP contribution in [0.3, 0.4) is 0 Å². The van der Waals surface area contributed by atoms with Crippen LogP contribution in [-0.2, 0) is 4.79 Å². The van der Waals surface area contributed by atoms with Crippen LogP contribution in [0.25, 0.3) is 5.69 Å². The molecule has 27 heavy (non-hydrogen) atoms. The van der Waals surface area contributed by atoms with Crippen molar-refractivity contribution in [3.05, 3.63) is 29.3 Å². The molecule has 3 amide bonds. The Morgan fingerprint density at radius 2 is 2.00 bits per heavy atom. The summed E-state index contributed by atoms with van der Waals surface area (Å²) in [4.78, 5) is 23.8. The number of benzene rings is 1. The van der Waals surface area contributed by atoms with Crippen LogP contribution in [0.1, 0.15) is 43.2 Å². The number of carbonyl (C=O) groups is 2. The van der Waals surface area contributed by atoms with Crippen LogP contribution in [0, 0.1) is 13.8 Å². The fourth-order valence-corrected chi connectivity index (χ4v) is 3.83. The third kappa shape index (κ3) is 5.29. The Hall–Kier alpha value is -2.42. The van der Waals surface area contributed by atoms with E-state index in [-0.39, 0.29) is 18.4 Å². The molecule has 1 aromatic heterocycles. The molecular weight excluding hydrogens is 364 g/mol. The number of urea groups is 1. The number of aromatic nitrogens is 4. The minimum Gasteiger partial charge on any atom is -0.335 e. The Morgan fingerprint density at radius 3 is 2.74 bits per heavy atom. The zero-order chi connectivity index (χ0) is 19.2. The van der Waals surface area contributed by atoms with Gasteiger partial charge in [-0.3, -0.25) is 10.1 Å². The van der Waals surface area contributed by atoms with Gasteiger partial charge in [0.1, 0.15) is 0 Å². The standard InChI is InChI=1S/C18H24N6O2S/c1-12-7-8-15(11-13(12)2)24-18(21-22-23-24)27-10-9-16(25)20-17(26)19-14-5-3-4-6-14/h7-8,11,14H,3-6,9-10H2,1-2H3,(H2,19,20,25,26). The fourth-order valence-electron chi connectivity index (χ4n) is 3.00. The van der Waals surface area contributed by atoms with E-state index in [0.717, 1.165) is 36.9 Å². The number of thioether (sulfide) groups is 1. The number of rotatable bonds is 6. The van der Waals surface area contributed by atoms with Crippen LogP contribution in [-0.4, -0.2) is 43.9 Å². The Bertz CT molecular complexity index is 816. The van der Waals surface area contributed by atoms with Crippen LogP contribution in [0.2, 0.25) is 0 Å². The lowest BCUT2D eigenvalue weighted by Gasteiger charge is -2.12. The Balaban J connectivity index is 1.48. The molecule has 2 aromatic rings. The second kappa shape index (κ2) is 8.98. The first kappa shape index (κ1) is 19.3. The van der Waals surface area contributed by atoms with Gasteiger partial charge in [-0.2, -0.15) is 4.68 Å². The summed E-state index contributed by atoms with van der Waals surface area (Å²) >= 11 is 1.38.